The summed E-state index contributed by atoms with van der Waals surface area (Å²) < 4.78 is 15.6. The molecule has 0 spiro atoms. The fourth-order valence-corrected chi connectivity index (χ4v) is 3.29. The smallest absolute Gasteiger partial charge is 0.407 e. The van der Waals surface area contributed by atoms with Crippen LogP contribution < -0.4 is 5.32 Å². The van der Waals surface area contributed by atoms with Crippen LogP contribution in [-0.2, 0) is 23.8 Å². The van der Waals surface area contributed by atoms with Crippen LogP contribution in [0.5, 0.6) is 0 Å². The SMILES string of the molecule is CC(C)(C)OC(=O)N[C@H]1CC[C@@H](CC2C(=O)OC(C)(C)OC2=O)CC1. The van der Waals surface area contributed by atoms with Crippen molar-refractivity contribution in [2.24, 2.45) is 11.8 Å². The van der Waals surface area contributed by atoms with Gasteiger partial charge >= 0.3 is 18.0 Å². The number of cyclic esters (lactones) is 2. The Kier molecular flexibility index (Phi) is 5.64. The molecule has 0 unspecified atom stereocenters. The molecular weight excluding hydrogens is 326 g/mol. The van der Waals surface area contributed by atoms with Gasteiger partial charge in [-0.1, -0.05) is 0 Å². The van der Waals surface area contributed by atoms with Crippen LogP contribution in [0, 0.1) is 11.8 Å². The molecule has 0 bridgehead atoms. The summed E-state index contributed by atoms with van der Waals surface area (Å²) in [5.41, 5.74) is -0.517. The lowest BCUT2D eigenvalue weighted by atomic mass is 9.80. The quantitative estimate of drug-likeness (QED) is 0.618. The first-order valence-electron chi connectivity index (χ1n) is 8.90. The van der Waals surface area contributed by atoms with E-state index in [1.54, 1.807) is 13.8 Å². The molecule has 1 aliphatic heterocycles. The third-order valence-electron chi connectivity index (χ3n) is 4.40. The lowest BCUT2D eigenvalue weighted by Crippen LogP contribution is -2.47. The van der Waals surface area contributed by atoms with Crippen molar-refractivity contribution in [1.82, 2.24) is 5.32 Å². The lowest BCUT2D eigenvalue weighted by molar-refractivity contribution is -0.240. The number of amides is 1. The van der Waals surface area contributed by atoms with Gasteiger partial charge in [0.2, 0.25) is 0 Å². The number of rotatable bonds is 3. The molecule has 2 aliphatic rings. The van der Waals surface area contributed by atoms with Gasteiger partial charge in [-0.15, -0.1) is 0 Å². The molecule has 0 aromatic rings. The zero-order valence-corrected chi connectivity index (χ0v) is 15.7. The van der Waals surface area contributed by atoms with Crippen LogP contribution >= 0.6 is 0 Å². The monoisotopic (exact) mass is 355 g/mol. The molecule has 1 saturated carbocycles. The van der Waals surface area contributed by atoms with Gasteiger partial charge in [0.25, 0.3) is 5.79 Å². The molecule has 1 aliphatic carbocycles. The standard InChI is InChI=1S/C18H29NO6/c1-17(2,3)25-16(22)19-12-8-6-11(7-9-12)10-13-14(20)23-18(4,5)24-15(13)21/h11-13H,6-10H2,1-5H3,(H,19,22)/t11-,12+. The molecule has 0 atom stereocenters. The predicted octanol–water partition coefficient (Wildman–Crippen LogP) is 2.91. The fourth-order valence-electron chi connectivity index (χ4n) is 3.29. The average Bonchev–Trinajstić information content (AvgIpc) is 2.41. The number of hydrogen-bond acceptors (Lipinski definition) is 6. The summed E-state index contributed by atoms with van der Waals surface area (Å²) in [7, 11) is 0. The number of carbonyl (C=O) groups is 3. The number of carbonyl (C=O) groups excluding carboxylic acids is 3. The zero-order valence-electron chi connectivity index (χ0n) is 15.7. The molecule has 25 heavy (non-hydrogen) atoms. The van der Waals surface area contributed by atoms with E-state index in [4.69, 9.17) is 14.2 Å². The van der Waals surface area contributed by atoms with E-state index in [-0.39, 0.29) is 12.0 Å². The van der Waals surface area contributed by atoms with E-state index in [1.165, 1.54) is 0 Å². The van der Waals surface area contributed by atoms with Gasteiger partial charge in [0.05, 0.1) is 0 Å². The van der Waals surface area contributed by atoms with E-state index in [0.717, 1.165) is 25.7 Å². The average molecular weight is 355 g/mol. The van der Waals surface area contributed by atoms with Gasteiger partial charge in [-0.2, -0.15) is 0 Å². The maximum Gasteiger partial charge on any atom is 0.407 e. The minimum atomic E-state index is -1.18. The number of hydrogen-bond donors (Lipinski definition) is 1. The van der Waals surface area contributed by atoms with Crippen LogP contribution in [0.3, 0.4) is 0 Å². The Morgan fingerprint density at radius 2 is 1.64 bits per heavy atom. The lowest BCUT2D eigenvalue weighted by Gasteiger charge is -2.35. The van der Waals surface area contributed by atoms with Gasteiger partial charge in [0.1, 0.15) is 5.60 Å². The maximum atomic E-state index is 12.0. The largest absolute Gasteiger partial charge is 0.444 e. The Hall–Kier alpha value is -1.79. The highest BCUT2D eigenvalue weighted by molar-refractivity contribution is 5.96. The molecular formula is C18H29NO6. The second-order valence-corrected chi connectivity index (χ2v) is 8.39. The van der Waals surface area contributed by atoms with Gasteiger partial charge in [-0.3, -0.25) is 9.59 Å². The van der Waals surface area contributed by atoms with Gasteiger partial charge in [-0.25, -0.2) is 4.79 Å². The van der Waals surface area contributed by atoms with Crippen molar-refractivity contribution >= 4 is 18.0 Å². The highest BCUT2D eigenvalue weighted by Gasteiger charge is 2.44. The van der Waals surface area contributed by atoms with E-state index in [2.05, 4.69) is 5.32 Å². The summed E-state index contributed by atoms with van der Waals surface area (Å²) in [6.07, 6.45) is 3.30. The van der Waals surface area contributed by atoms with Crippen molar-refractivity contribution in [1.29, 1.82) is 0 Å². The highest BCUT2D eigenvalue weighted by atomic mass is 16.7. The summed E-state index contributed by atoms with van der Waals surface area (Å²) in [4.78, 5) is 35.9. The Bertz CT molecular complexity index is 508. The molecule has 1 N–H and O–H groups in total. The molecule has 142 valence electrons. The second-order valence-electron chi connectivity index (χ2n) is 8.39. The summed E-state index contributed by atoms with van der Waals surface area (Å²) in [5, 5.41) is 2.88. The van der Waals surface area contributed by atoms with Crippen LogP contribution in [0.2, 0.25) is 0 Å². The first-order chi connectivity index (χ1) is 11.5. The van der Waals surface area contributed by atoms with Crippen molar-refractivity contribution in [3.63, 3.8) is 0 Å². The van der Waals surface area contributed by atoms with E-state index in [1.807, 2.05) is 20.8 Å². The summed E-state index contributed by atoms with van der Waals surface area (Å²) in [6.45, 7) is 8.58. The molecule has 1 saturated heterocycles. The Morgan fingerprint density at radius 3 is 2.12 bits per heavy atom. The minimum absolute atomic E-state index is 0.0651. The Morgan fingerprint density at radius 1 is 1.12 bits per heavy atom. The topological polar surface area (TPSA) is 90.9 Å². The van der Waals surface area contributed by atoms with Gasteiger partial charge in [-0.05, 0) is 58.8 Å². The molecule has 2 rings (SSSR count). The Labute approximate surface area is 148 Å². The molecule has 7 heteroatoms. The van der Waals surface area contributed by atoms with Gasteiger partial charge in [0, 0.05) is 19.9 Å². The van der Waals surface area contributed by atoms with Crippen LogP contribution in [0.4, 0.5) is 4.79 Å². The first kappa shape index (κ1) is 19.5. The molecule has 0 aromatic heterocycles. The van der Waals surface area contributed by atoms with E-state index < -0.39 is 35.3 Å². The van der Waals surface area contributed by atoms with E-state index in [9.17, 15) is 14.4 Å². The normalized spacial score (nSPS) is 27.2. The molecule has 0 radical (unpaired) electrons. The van der Waals surface area contributed by atoms with Crippen LogP contribution in [0.15, 0.2) is 0 Å². The first-order valence-corrected chi connectivity index (χ1v) is 8.90. The number of esters is 2. The van der Waals surface area contributed by atoms with Crippen LogP contribution in [0.1, 0.15) is 66.7 Å². The molecule has 7 nitrogen and oxygen atoms in total. The van der Waals surface area contributed by atoms with Crippen molar-refractivity contribution in [2.75, 3.05) is 0 Å². The molecule has 0 aromatic carbocycles. The number of alkyl carbamates (subject to hydrolysis) is 1. The summed E-state index contributed by atoms with van der Waals surface area (Å²) in [5.74, 6) is -2.79. The maximum absolute atomic E-state index is 12.0. The number of nitrogens with one attached hydrogen (secondary N) is 1. The Balaban J connectivity index is 1.78. The van der Waals surface area contributed by atoms with Crippen molar-refractivity contribution < 1.29 is 28.6 Å². The number of ether oxygens (including phenoxy) is 3. The predicted molar refractivity (Wildman–Crippen MR) is 89.5 cm³/mol. The third-order valence-corrected chi connectivity index (χ3v) is 4.40. The van der Waals surface area contributed by atoms with Crippen molar-refractivity contribution in [3.05, 3.63) is 0 Å². The van der Waals surface area contributed by atoms with Gasteiger partial charge < -0.3 is 19.5 Å². The third kappa shape index (κ3) is 5.90. The van der Waals surface area contributed by atoms with Gasteiger partial charge in [0.15, 0.2) is 5.92 Å². The van der Waals surface area contributed by atoms with Crippen molar-refractivity contribution in [2.45, 2.75) is 84.2 Å². The fraction of sp³-hybridized carbons (Fsp3) is 0.833. The summed E-state index contributed by atoms with van der Waals surface area (Å²) >= 11 is 0. The summed E-state index contributed by atoms with van der Waals surface area (Å²) in [6, 6.07) is 0.0651. The molecule has 1 heterocycles. The second kappa shape index (κ2) is 7.22. The van der Waals surface area contributed by atoms with Crippen LogP contribution in [-0.4, -0.2) is 35.5 Å². The zero-order chi connectivity index (χ0) is 18.8. The molecule has 2 fully saturated rings. The van der Waals surface area contributed by atoms with E-state index >= 15 is 0 Å². The molecule has 1 amide bonds. The van der Waals surface area contributed by atoms with Crippen molar-refractivity contribution in [3.8, 4) is 0 Å². The minimum Gasteiger partial charge on any atom is -0.444 e. The highest BCUT2D eigenvalue weighted by Crippen LogP contribution is 2.33. The van der Waals surface area contributed by atoms with Crippen LogP contribution in [0.25, 0.3) is 0 Å². The van der Waals surface area contributed by atoms with E-state index in [0.29, 0.717) is 6.42 Å².